The molecule has 1 aromatic carbocycles. The van der Waals surface area contributed by atoms with E-state index >= 15 is 0 Å². The van der Waals surface area contributed by atoms with Crippen LogP contribution in [0.1, 0.15) is 0 Å². The van der Waals surface area contributed by atoms with Gasteiger partial charge in [0.1, 0.15) is 5.75 Å². The summed E-state index contributed by atoms with van der Waals surface area (Å²) in [6.45, 7) is -0.373. The van der Waals surface area contributed by atoms with Crippen LogP contribution < -0.4 is 4.74 Å². The van der Waals surface area contributed by atoms with E-state index in [2.05, 4.69) is 37.7 Å². The molecule has 0 bridgehead atoms. The van der Waals surface area contributed by atoms with E-state index in [1.165, 1.54) is 0 Å². The molecule has 0 spiro atoms. The van der Waals surface area contributed by atoms with Gasteiger partial charge in [-0.2, -0.15) is 0 Å². The van der Waals surface area contributed by atoms with Crippen LogP contribution in [0.25, 0.3) is 33.9 Å². The second-order valence-corrected chi connectivity index (χ2v) is 6.26. The number of hydrogen-bond donors (Lipinski definition) is 1. The Morgan fingerprint density at radius 1 is 0.806 bits per heavy atom. The van der Waals surface area contributed by atoms with Crippen molar-refractivity contribution in [2.24, 2.45) is 0 Å². The molecule has 158 valence electrons. The third kappa shape index (κ3) is 6.19. The van der Waals surface area contributed by atoms with Gasteiger partial charge in [-0.15, -0.1) is 0 Å². The van der Waals surface area contributed by atoms with Crippen LogP contribution in [0.2, 0.25) is 0 Å². The van der Waals surface area contributed by atoms with Gasteiger partial charge in [0, 0.05) is 12.4 Å². The zero-order valence-electron chi connectivity index (χ0n) is 16.1. The topological polar surface area (TPSA) is 85.2 Å². The first-order valence-corrected chi connectivity index (χ1v) is 11.1. The molecular formula is C23H17ClN3O3Pd+. The molecule has 31 heavy (non-hydrogen) atoms. The number of rotatable bonds is 6. The van der Waals surface area contributed by atoms with Gasteiger partial charge in [0.05, 0.1) is 22.8 Å². The molecule has 3 aromatic heterocycles. The number of hydrogen-bond acceptors (Lipinski definition) is 5. The fourth-order valence-electron chi connectivity index (χ4n) is 2.88. The molecule has 0 unspecified atom stereocenters. The van der Waals surface area contributed by atoms with E-state index in [0.29, 0.717) is 5.75 Å². The number of carboxylic acid groups (broad SMARTS) is 1. The Morgan fingerprint density at radius 2 is 1.35 bits per heavy atom. The average Bonchev–Trinajstić information content (AvgIpc) is 2.85. The van der Waals surface area contributed by atoms with E-state index in [-0.39, 0.29) is 6.61 Å². The molecule has 3 heterocycles. The maximum atomic E-state index is 10.7. The van der Waals surface area contributed by atoms with Crippen LogP contribution in [0.5, 0.6) is 5.75 Å². The summed E-state index contributed by atoms with van der Waals surface area (Å²) in [4.78, 5) is 24.2. The van der Waals surface area contributed by atoms with E-state index in [9.17, 15) is 4.79 Å². The van der Waals surface area contributed by atoms with Gasteiger partial charge in [0.15, 0.2) is 6.61 Å². The van der Waals surface area contributed by atoms with Crippen molar-refractivity contribution in [2.75, 3.05) is 6.61 Å². The summed E-state index contributed by atoms with van der Waals surface area (Å²) < 4.78 is 5.21. The Kier molecular flexibility index (Phi) is 8.25. The van der Waals surface area contributed by atoms with Crippen molar-refractivity contribution >= 4 is 15.5 Å². The first kappa shape index (κ1) is 22.6. The number of pyridine rings is 3. The van der Waals surface area contributed by atoms with Crippen molar-refractivity contribution in [3.63, 3.8) is 0 Å². The van der Waals surface area contributed by atoms with Crippen LogP contribution in [0.15, 0.2) is 85.2 Å². The van der Waals surface area contributed by atoms with Crippen molar-refractivity contribution in [3.05, 3.63) is 85.2 Å². The predicted octanol–water partition coefficient (Wildman–Crippen LogP) is 5.02. The quantitative estimate of drug-likeness (QED) is 0.356. The third-order valence-corrected chi connectivity index (χ3v) is 4.23. The Morgan fingerprint density at radius 3 is 1.81 bits per heavy atom. The monoisotopic (exact) mass is 524 g/mol. The molecule has 0 aliphatic rings. The summed E-state index contributed by atoms with van der Waals surface area (Å²) in [5.41, 5.74) is 4.93. The molecule has 0 amide bonds. The summed E-state index contributed by atoms with van der Waals surface area (Å²) in [6, 6.07) is 22.6. The summed E-state index contributed by atoms with van der Waals surface area (Å²) in [5.74, 6) is -0.511. The Labute approximate surface area is 194 Å². The maximum absolute atomic E-state index is 10.7. The van der Waals surface area contributed by atoms with Gasteiger partial charge in [-0.3, -0.25) is 9.97 Å². The Hall–Kier alpha value is -3.11. The van der Waals surface area contributed by atoms with E-state index in [1.807, 2.05) is 60.7 Å². The molecule has 0 aliphatic heterocycles. The van der Waals surface area contributed by atoms with Gasteiger partial charge in [-0.25, -0.2) is 9.78 Å². The molecule has 6 nitrogen and oxygen atoms in total. The van der Waals surface area contributed by atoms with Crippen molar-refractivity contribution in [2.45, 2.75) is 0 Å². The average molecular weight is 525 g/mol. The number of halogens is 1. The molecule has 4 rings (SSSR count). The van der Waals surface area contributed by atoms with E-state index in [4.69, 9.17) is 14.8 Å². The van der Waals surface area contributed by atoms with Crippen molar-refractivity contribution in [1.29, 1.82) is 0 Å². The second kappa shape index (κ2) is 11.3. The predicted molar refractivity (Wildman–Crippen MR) is 115 cm³/mol. The normalized spacial score (nSPS) is 10.0. The zero-order chi connectivity index (χ0) is 22.1. The first-order valence-electron chi connectivity index (χ1n) is 9.11. The number of benzene rings is 1. The number of nitrogens with zero attached hydrogens (tertiary/aromatic N) is 3. The van der Waals surface area contributed by atoms with Gasteiger partial charge in [-0.1, -0.05) is 24.3 Å². The van der Waals surface area contributed by atoms with Crippen LogP contribution in [0, 0.1) is 0 Å². The van der Waals surface area contributed by atoms with Crippen LogP contribution >= 0.6 is 9.53 Å². The summed E-state index contributed by atoms with van der Waals surface area (Å²) >= 11 is 2.22. The van der Waals surface area contributed by atoms with Crippen molar-refractivity contribution in [3.8, 4) is 39.7 Å². The number of carbonyl (C=O) groups is 1. The van der Waals surface area contributed by atoms with E-state index in [0.717, 1.165) is 33.9 Å². The minimum atomic E-state index is -1.01. The fraction of sp³-hybridized carbons (Fsp3) is 0.0435. The SMILES string of the molecule is O=C(O)COc1ccc(-c2cc(-c3ccccn3)nc(-c3ccccn3)c2)cc1.[Cl][Pd+]. The van der Waals surface area contributed by atoms with Gasteiger partial charge < -0.3 is 9.84 Å². The van der Waals surface area contributed by atoms with Crippen LogP contribution in [0.4, 0.5) is 0 Å². The molecular weight excluding hydrogens is 508 g/mol. The Balaban J connectivity index is 0.00000132. The van der Waals surface area contributed by atoms with Crippen LogP contribution in [0.3, 0.4) is 0 Å². The number of carboxylic acids is 1. The standard InChI is InChI=1S/C23H17N3O3.ClH.Pd/c27-23(28)15-29-18-9-7-16(8-10-18)17-13-21(19-5-1-3-11-24-19)26-22(14-17)20-6-2-4-12-25-20;;/h1-14H,15H2,(H,27,28);1H;/q;;+2/p-1. The summed E-state index contributed by atoms with van der Waals surface area (Å²) in [6.07, 6.45) is 3.47. The van der Waals surface area contributed by atoms with Crippen molar-refractivity contribution in [1.82, 2.24) is 15.0 Å². The van der Waals surface area contributed by atoms with Gasteiger partial charge in [-0.05, 0) is 59.7 Å². The molecule has 0 atom stereocenters. The van der Waals surface area contributed by atoms with Crippen LogP contribution in [-0.4, -0.2) is 32.6 Å². The molecule has 0 saturated carbocycles. The number of aliphatic carboxylic acids is 1. The molecule has 0 fully saturated rings. The molecule has 0 aliphatic carbocycles. The van der Waals surface area contributed by atoms with Gasteiger partial charge in [0.2, 0.25) is 0 Å². The number of aromatic nitrogens is 3. The third-order valence-electron chi connectivity index (χ3n) is 4.23. The molecule has 0 saturated heterocycles. The van der Waals surface area contributed by atoms with E-state index in [1.54, 1.807) is 24.5 Å². The molecule has 1 N–H and O–H groups in total. The molecule has 4 aromatic rings. The van der Waals surface area contributed by atoms with Gasteiger partial charge in [0.25, 0.3) is 0 Å². The first-order chi connectivity index (χ1) is 15.2. The molecule has 0 radical (unpaired) electrons. The fourth-order valence-corrected chi connectivity index (χ4v) is 2.88. The summed E-state index contributed by atoms with van der Waals surface area (Å²) in [7, 11) is 4.49. The summed E-state index contributed by atoms with van der Waals surface area (Å²) in [5, 5.41) is 8.74. The van der Waals surface area contributed by atoms with E-state index < -0.39 is 5.97 Å². The zero-order valence-corrected chi connectivity index (χ0v) is 18.4. The minimum absolute atomic E-state index is 0.373. The number of ether oxygens (including phenoxy) is 1. The van der Waals surface area contributed by atoms with Crippen LogP contribution in [-0.2, 0) is 23.0 Å². The van der Waals surface area contributed by atoms with Crippen molar-refractivity contribution < 1.29 is 32.8 Å². The second-order valence-electron chi connectivity index (χ2n) is 6.26. The van der Waals surface area contributed by atoms with Gasteiger partial charge >= 0.3 is 33.7 Å². The molecule has 8 heteroatoms. The Bertz CT molecular complexity index is 1070.